The molecule has 4 N–H and O–H groups in total. The number of hydrogen-bond donors (Lipinski definition) is 2. The second-order valence-corrected chi connectivity index (χ2v) is 4.84. The molecule has 0 radical (unpaired) electrons. The SMILES string of the molecule is C[C@@H]1C2C(N)C3C2C1(N)[C@H]3C. The third-order valence-electron chi connectivity index (χ3n) is 5.03. The van der Waals surface area contributed by atoms with E-state index in [0.29, 0.717) is 17.9 Å². The Labute approximate surface area is 67.3 Å². The molecule has 0 saturated heterocycles. The molecule has 0 aromatic rings. The van der Waals surface area contributed by atoms with Crippen LogP contribution in [0.25, 0.3) is 0 Å². The first kappa shape index (κ1) is 6.44. The summed E-state index contributed by atoms with van der Waals surface area (Å²) in [4.78, 5) is 0. The molecule has 7 atom stereocenters. The van der Waals surface area contributed by atoms with Crippen LogP contribution < -0.4 is 11.5 Å². The smallest absolute Gasteiger partial charge is 0.0248 e. The standard InChI is InChI=1S/C9H16N2/c1-3-5-7-6(8(5)10)4(2)9(3,7)11/h3-8H,10-11H2,1-2H3/t3-,4+,5?,6?,7?,8?,9?. The van der Waals surface area contributed by atoms with Crippen molar-refractivity contribution >= 4 is 0 Å². The topological polar surface area (TPSA) is 52.0 Å². The van der Waals surface area contributed by atoms with Crippen molar-refractivity contribution in [3.8, 4) is 0 Å². The Kier molecular flexibility index (Phi) is 0.807. The molecule has 3 saturated carbocycles. The Morgan fingerprint density at radius 2 is 1.55 bits per heavy atom. The number of nitrogens with two attached hydrogens (primary N) is 2. The van der Waals surface area contributed by atoms with Gasteiger partial charge in [-0.05, 0) is 29.6 Å². The van der Waals surface area contributed by atoms with Gasteiger partial charge in [0.1, 0.15) is 0 Å². The van der Waals surface area contributed by atoms with Gasteiger partial charge in [0.25, 0.3) is 0 Å². The highest BCUT2D eigenvalue weighted by molar-refractivity contribution is 5.34. The molecule has 0 bridgehead atoms. The summed E-state index contributed by atoms with van der Waals surface area (Å²) in [6, 6.07) is 0.482. The first-order valence-electron chi connectivity index (χ1n) is 4.64. The largest absolute Gasteiger partial charge is 0.327 e. The Morgan fingerprint density at radius 1 is 1.09 bits per heavy atom. The van der Waals surface area contributed by atoms with Crippen molar-refractivity contribution in [1.82, 2.24) is 0 Å². The van der Waals surface area contributed by atoms with Gasteiger partial charge < -0.3 is 11.5 Å². The molecule has 62 valence electrons. The van der Waals surface area contributed by atoms with Crippen LogP contribution in [0.5, 0.6) is 0 Å². The van der Waals surface area contributed by atoms with Crippen LogP contribution in [-0.2, 0) is 0 Å². The lowest BCUT2D eigenvalue weighted by molar-refractivity contribution is -0.310. The third kappa shape index (κ3) is 0.354. The van der Waals surface area contributed by atoms with Crippen LogP contribution in [0.4, 0.5) is 0 Å². The molecule has 0 aliphatic heterocycles. The lowest BCUT2D eigenvalue weighted by atomic mass is 9.23. The van der Waals surface area contributed by atoms with E-state index in [0.717, 1.165) is 17.8 Å². The highest BCUT2D eigenvalue weighted by Gasteiger charge is 2.81. The highest BCUT2D eigenvalue weighted by atomic mass is 15.0. The molecule has 0 spiro atoms. The van der Waals surface area contributed by atoms with Crippen LogP contribution in [0.1, 0.15) is 13.8 Å². The summed E-state index contributed by atoms with van der Waals surface area (Å²) in [5.41, 5.74) is 12.5. The fraction of sp³-hybridized carbons (Fsp3) is 1.00. The molecule has 11 heavy (non-hydrogen) atoms. The average molecular weight is 152 g/mol. The van der Waals surface area contributed by atoms with Gasteiger partial charge in [0, 0.05) is 11.6 Å². The van der Waals surface area contributed by atoms with E-state index in [1.165, 1.54) is 0 Å². The molecular formula is C9H16N2. The zero-order valence-corrected chi connectivity index (χ0v) is 7.12. The molecule has 3 fully saturated rings. The summed E-state index contributed by atoms with van der Waals surface area (Å²) in [7, 11) is 0. The van der Waals surface area contributed by atoms with Crippen molar-refractivity contribution in [2.45, 2.75) is 25.4 Å². The van der Waals surface area contributed by atoms with Gasteiger partial charge in [0.2, 0.25) is 0 Å². The second-order valence-electron chi connectivity index (χ2n) is 4.84. The summed E-state index contributed by atoms with van der Waals surface area (Å²) >= 11 is 0. The number of hydrogen-bond acceptors (Lipinski definition) is 2. The fourth-order valence-electron chi connectivity index (χ4n) is 4.25. The maximum absolute atomic E-state index is 6.27. The van der Waals surface area contributed by atoms with Gasteiger partial charge in [-0.3, -0.25) is 0 Å². The van der Waals surface area contributed by atoms with Crippen molar-refractivity contribution in [3.05, 3.63) is 0 Å². The van der Waals surface area contributed by atoms with E-state index in [1.54, 1.807) is 0 Å². The van der Waals surface area contributed by atoms with Crippen LogP contribution in [-0.4, -0.2) is 11.6 Å². The predicted molar refractivity (Wildman–Crippen MR) is 43.7 cm³/mol. The zero-order chi connectivity index (χ0) is 7.96. The van der Waals surface area contributed by atoms with Gasteiger partial charge in [-0.2, -0.15) is 0 Å². The summed E-state index contributed by atoms with van der Waals surface area (Å²) in [6.07, 6.45) is 0. The van der Waals surface area contributed by atoms with Crippen molar-refractivity contribution in [3.63, 3.8) is 0 Å². The molecule has 0 amide bonds. The van der Waals surface area contributed by atoms with E-state index < -0.39 is 0 Å². The molecule has 5 unspecified atom stereocenters. The van der Waals surface area contributed by atoms with Crippen LogP contribution in [0.15, 0.2) is 0 Å². The van der Waals surface area contributed by atoms with E-state index in [4.69, 9.17) is 11.5 Å². The molecule has 2 heteroatoms. The second kappa shape index (κ2) is 1.38. The molecule has 3 aliphatic rings. The van der Waals surface area contributed by atoms with Crippen molar-refractivity contribution < 1.29 is 0 Å². The van der Waals surface area contributed by atoms with Gasteiger partial charge in [-0.15, -0.1) is 0 Å². The Bertz CT molecular complexity index is 194. The molecule has 0 aromatic carbocycles. The quantitative estimate of drug-likeness (QED) is 0.520. The number of rotatable bonds is 0. The van der Waals surface area contributed by atoms with Crippen LogP contribution in [0, 0.1) is 29.6 Å². The Morgan fingerprint density at radius 3 is 1.91 bits per heavy atom. The van der Waals surface area contributed by atoms with E-state index in [1.807, 2.05) is 0 Å². The van der Waals surface area contributed by atoms with Gasteiger partial charge in [-0.1, -0.05) is 13.8 Å². The summed E-state index contributed by atoms with van der Waals surface area (Å²) < 4.78 is 0. The van der Waals surface area contributed by atoms with Gasteiger partial charge in [0.05, 0.1) is 0 Å². The molecule has 0 aromatic heterocycles. The first-order valence-corrected chi connectivity index (χ1v) is 4.64. The summed E-state index contributed by atoms with van der Waals surface area (Å²) in [5, 5.41) is 0. The molecular weight excluding hydrogens is 136 g/mol. The first-order chi connectivity index (χ1) is 5.10. The predicted octanol–water partition coefficient (Wildman–Crippen LogP) is 0.173. The molecule has 3 rings (SSSR count). The van der Waals surface area contributed by atoms with Crippen LogP contribution in [0.2, 0.25) is 0 Å². The molecule has 2 nitrogen and oxygen atoms in total. The van der Waals surface area contributed by atoms with E-state index in [-0.39, 0.29) is 5.54 Å². The normalized spacial score (nSPS) is 77.5. The molecule has 0 heterocycles. The van der Waals surface area contributed by atoms with Gasteiger partial charge in [0.15, 0.2) is 0 Å². The highest BCUT2D eigenvalue weighted by Crippen LogP contribution is 2.75. The third-order valence-corrected chi connectivity index (χ3v) is 5.03. The van der Waals surface area contributed by atoms with Gasteiger partial charge >= 0.3 is 0 Å². The maximum Gasteiger partial charge on any atom is 0.0248 e. The minimum absolute atomic E-state index is 0.200. The minimum Gasteiger partial charge on any atom is -0.327 e. The van der Waals surface area contributed by atoms with Crippen LogP contribution >= 0.6 is 0 Å². The van der Waals surface area contributed by atoms with Crippen molar-refractivity contribution in [2.24, 2.45) is 41.1 Å². The van der Waals surface area contributed by atoms with Crippen molar-refractivity contribution in [1.29, 1.82) is 0 Å². The zero-order valence-electron chi connectivity index (χ0n) is 7.12. The van der Waals surface area contributed by atoms with Crippen LogP contribution in [0.3, 0.4) is 0 Å². The van der Waals surface area contributed by atoms with E-state index in [9.17, 15) is 0 Å². The van der Waals surface area contributed by atoms with E-state index in [2.05, 4.69) is 13.8 Å². The summed E-state index contributed by atoms with van der Waals surface area (Å²) in [5.74, 6) is 3.73. The Balaban J connectivity index is 1.97. The molecule has 3 aliphatic carbocycles. The maximum atomic E-state index is 6.27. The minimum atomic E-state index is 0.200. The Hall–Kier alpha value is -0.0800. The van der Waals surface area contributed by atoms with Crippen molar-refractivity contribution in [2.75, 3.05) is 0 Å². The lowest BCUT2D eigenvalue weighted by Crippen LogP contribution is -2.93. The van der Waals surface area contributed by atoms with Gasteiger partial charge in [-0.25, -0.2) is 0 Å². The average Bonchev–Trinajstić information content (AvgIpc) is 1.97. The summed E-state index contributed by atoms with van der Waals surface area (Å²) in [6.45, 7) is 4.54. The van der Waals surface area contributed by atoms with E-state index >= 15 is 0 Å². The lowest BCUT2D eigenvalue weighted by Gasteiger charge is -2.84. The monoisotopic (exact) mass is 152 g/mol. The fourth-order valence-corrected chi connectivity index (χ4v) is 4.25.